The fraction of sp³-hybridized carbons (Fsp3) is 0.750. The smallest absolute Gasteiger partial charge is 0.137 e. The van der Waals surface area contributed by atoms with Gasteiger partial charge in [0, 0.05) is 18.0 Å². The molecule has 2 aliphatic carbocycles. The first kappa shape index (κ1) is 14.1. The van der Waals surface area contributed by atoms with Crippen LogP contribution in [-0.4, -0.2) is 16.5 Å². The highest BCUT2D eigenvalue weighted by atomic mass is 35.5. The van der Waals surface area contributed by atoms with Gasteiger partial charge in [0.25, 0.3) is 0 Å². The van der Waals surface area contributed by atoms with Crippen molar-refractivity contribution in [2.24, 2.45) is 5.41 Å². The Bertz CT molecular complexity index is 491. The minimum absolute atomic E-state index is 0.405. The van der Waals surface area contributed by atoms with Crippen molar-refractivity contribution in [2.75, 3.05) is 11.9 Å². The second-order valence-corrected chi connectivity index (χ2v) is 7.20. The standard InChI is InChI=1S/C16H24ClN3/c1-11-13(17)19-15(12-6-7-12)20-14(11)18-10-16(2)8-4-3-5-9-16/h12H,3-10H2,1-2H3,(H,18,19,20). The molecule has 0 aromatic carbocycles. The summed E-state index contributed by atoms with van der Waals surface area (Å²) in [7, 11) is 0. The van der Waals surface area contributed by atoms with Crippen molar-refractivity contribution < 1.29 is 0 Å². The van der Waals surface area contributed by atoms with Crippen molar-refractivity contribution in [3.05, 3.63) is 16.5 Å². The Morgan fingerprint density at radius 3 is 2.55 bits per heavy atom. The second-order valence-electron chi connectivity index (χ2n) is 6.85. The quantitative estimate of drug-likeness (QED) is 0.818. The predicted octanol–water partition coefficient (Wildman–Crippen LogP) is 4.70. The van der Waals surface area contributed by atoms with Crippen LogP contribution in [0.4, 0.5) is 5.82 Å². The van der Waals surface area contributed by atoms with Crippen molar-refractivity contribution in [1.29, 1.82) is 0 Å². The van der Waals surface area contributed by atoms with E-state index in [9.17, 15) is 0 Å². The Kier molecular flexibility index (Phi) is 3.89. The van der Waals surface area contributed by atoms with Crippen LogP contribution >= 0.6 is 11.6 Å². The molecule has 20 heavy (non-hydrogen) atoms. The Morgan fingerprint density at radius 2 is 1.90 bits per heavy atom. The molecule has 1 heterocycles. The maximum Gasteiger partial charge on any atom is 0.137 e. The molecule has 0 unspecified atom stereocenters. The van der Waals surface area contributed by atoms with Gasteiger partial charge in [0.1, 0.15) is 16.8 Å². The molecule has 0 radical (unpaired) electrons. The van der Waals surface area contributed by atoms with Crippen LogP contribution in [0.5, 0.6) is 0 Å². The van der Waals surface area contributed by atoms with Crippen LogP contribution < -0.4 is 5.32 Å². The van der Waals surface area contributed by atoms with Gasteiger partial charge in [-0.3, -0.25) is 0 Å². The number of nitrogens with zero attached hydrogens (tertiary/aromatic N) is 2. The van der Waals surface area contributed by atoms with Crippen molar-refractivity contribution >= 4 is 17.4 Å². The molecule has 2 fully saturated rings. The first-order chi connectivity index (χ1) is 9.57. The lowest BCUT2D eigenvalue weighted by atomic mass is 9.76. The average molecular weight is 294 g/mol. The lowest BCUT2D eigenvalue weighted by Gasteiger charge is -2.34. The summed E-state index contributed by atoms with van der Waals surface area (Å²) in [5, 5.41) is 4.16. The number of hydrogen-bond donors (Lipinski definition) is 1. The number of aromatic nitrogens is 2. The van der Waals surface area contributed by atoms with Crippen LogP contribution in [0.3, 0.4) is 0 Å². The Morgan fingerprint density at radius 1 is 1.20 bits per heavy atom. The number of anilines is 1. The Balaban J connectivity index is 1.72. The monoisotopic (exact) mass is 293 g/mol. The van der Waals surface area contributed by atoms with Crippen LogP contribution in [0.2, 0.25) is 5.15 Å². The van der Waals surface area contributed by atoms with Crippen LogP contribution in [0.15, 0.2) is 0 Å². The molecule has 3 nitrogen and oxygen atoms in total. The van der Waals surface area contributed by atoms with Crippen molar-refractivity contribution in [3.8, 4) is 0 Å². The fourth-order valence-electron chi connectivity index (χ4n) is 3.08. The summed E-state index contributed by atoms with van der Waals surface area (Å²) >= 11 is 6.26. The maximum absolute atomic E-state index is 6.26. The van der Waals surface area contributed by atoms with E-state index in [1.165, 1.54) is 44.9 Å². The third-order valence-corrected chi connectivity index (χ3v) is 5.16. The largest absolute Gasteiger partial charge is 0.369 e. The lowest BCUT2D eigenvalue weighted by molar-refractivity contribution is 0.233. The molecule has 4 heteroatoms. The molecule has 2 aliphatic rings. The van der Waals surface area contributed by atoms with Crippen molar-refractivity contribution in [3.63, 3.8) is 0 Å². The molecule has 0 aliphatic heterocycles. The van der Waals surface area contributed by atoms with E-state index >= 15 is 0 Å². The van der Waals surface area contributed by atoms with E-state index in [1.807, 2.05) is 6.92 Å². The molecule has 110 valence electrons. The number of rotatable bonds is 4. The molecular weight excluding hydrogens is 270 g/mol. The van der Waals surface area contributed by atoms with E-state index in [4.69, 9.17) is 16.6 Å². The minimum atomic E-state index is 0.405. The normalized spacial score (nSPS) is 21.8. The van der Waals surface area contributed by atoms with Gasteiger partial charge in [0.05, 0.1) is 0 Å². The van der Waals surface area contributed by atoms with Gasteiger partial charge in [0.15, 0.2) is 0 Å². The highest BCUT2D eigenvalue weighted by Gasteiger charge is 2.29. The van der Waals surface area contributed by atoms with E-state index in [-0.39, 0.29) is 0 Å². The van der Waals surface area contributed by atoms with Crippen LogP contribution in [0.1, 0.15) is 69.2 Å². The molecule has 1 N–H and O–H groups in total. The molecule has 1 aromatic rings. The summed E-state index contributed by atoms with van der Waals surface area (Å²) in [6, 6.07) is 0. The highest BCUT2D eigenvalue weighted by molar-refractivity contribution is 6.30. The molecule has 2 saturated carbocycles. The summed E-state index contributed by atoms with van der Waals surface area (Å²) in [5.41, 5.74) is 1.39. The molecule has 1 aromatic heterocycles. The van der Waals surface area contributed by atoms with Crippen molar-refractivity contribution in [1.82, 2.24) is 9.97 Å². The summed E-state index contributed by atoms with van der Waals surface area (Å²) in [6.07, 6.45) is 9.14. The third-order valence-electron chi connectivity index (χ3n) is 4.79. The number of hydrogen-bond acceptors (Lipinski definition) is 3. The summed E-state index contributed by atoms with van der Waals surface area (Å²) in [4.78, 5) is 9.13. The van der Waals surface area contributed by atoms with Crippen LogP contribution in [0, 0.1) is 12.3 Å². The van der Waals surface area contributed by atoms with Gasteiger partial charge in [-0.2, -0.15) is 0 Å². The topological polar surface area (TPSA) is 37.8 Å². The van der Waals surface area contributed by atoms with Gasteiger partial charge >= 0.3 is 0 Å². The Hall–Kier alpha value is -0.830. The summed E-state index contributed by atoms with van der Waals surface area (Å²) in [6.45, 7) is 5.38. The fourth-order valence-corrected chi connectivity index (χ4v) is 3.26. The second kappa shape index (κ2) is 5.51. The molecule has 0 spiro atoms. The lowest BCUT2D eigenvalue weighted by Crippen LogP contribution is -2.29. The first-order valence-electron chi connectivity index (χ1n) is 7.85. The zero-order valence-electron chi connectivity index (χ0n) is 12.5. The van der Waals surface area contributed by atoms with E-state index in [2.05, 4.69) is 17.2 Å². The third kappa shape index (κ3) is 3.08. The van der Waals surface area contributed by atoms with Crippen LogP contribution in [-0.2, 0) is 0 Å². The van der Waals surface area contributed by atoms with Gasteiger partial charge in [-0.25, -0.2) is 9.97 Å². The SMILES string of the molecule is Cc1c(Cl)nc(C2CC2)nc1NCC1(C)CCCCC1. The average Bonchev–Trinajstić information content (AvgIpc) is 3.26. The van der Waals surface area contributed by atoms with E-state index < -0.39 is 0 Å². The number of halogens is 1. The summed E-state index contributed by atoms with van der Waals surface area (Å²) in [5.74, 6) is 2.41. The van der Waals surface area contributed by atoms with Gasteiger partial charge < -0.3 is 5.32 Å². The van der Waals surface area contributed by atoms with Gasteiger partial charge in [0.2, 0.25) is 0 Å². The molecule has 0 bridgehead atoms. The Labute approximate surface area is 126 Å². The van der Waals surface area contributed by atoms with E-state index in [0.717, 1.165) is 23.8 Å². The molecule has 0 amide bonds. The van der Waals surface area contributed by atoms with Crippen LogP contribution in [0.25, 0.3) is 0 Å². The van der Waals surface area contributed by atoms with Gasteiger partial charge in [-0.15, -0.1) is 0 Å². The maximum atomic E-state index is 6.26. The van der Waals surface area contributed by atoms with E-state index in [0.29, 0.717) is 16.5 Å². The van der Waals surface area contributed by atoms with Gasteiger partial charge in [-0.05, 0) is 38.0 Å². The van der Waals surface area contributed by atoms with E-state index in [1.54, 1.807) is 0 Å². The van der Waals surface area contributed by atoms with Crippen molar-refractivity contribution in [2.45, 2.75) is 64.7 Å². The highest BCUT2D eigenvalue weighted by Crippen LogP contribution is 2.40. The first-order valence-corrected chi connectivity index (χ1v) is 8.23. The number of nitrogens with one attached hydrogen (secondary N) is 1. The predicted molar refractivity (Wildman–Crippen MR) is 83.4 cm³/mol. The zero-order valence-corrected chi connectivity index (χ0v) is 13.3. The summed E-state index contributed by atoms with van der Waals surface area (Å²) < 4.78 is 0. The molecule has 3 rings (SSSR count). The van der Waals surface area contributed by atoms with Gasteiger partial charge in [-0.1, -0.05) is 37.8 Å². The molecule has 0 atom stereocenters. The zero-order chi connectivity index (χ0) is 14.2. The minimum Gasteiger partial charge on any atom is -0.369 e. The molecular formula is C16H24ClN3. The molecule has 0 saturated heterocycles.